The molecule has 33 heavy (non-hydrogen) atoms. The molecule has 1 aromatic carbocycles. The van der Waals surface area contributed by atoms with Gasteiger partial charge in [0, 0.05) is 22.5 Å². The maximum Gasteiger partial charge on any atom is 0.416 e. The SMILES string of the molecule is CC(C)c1nc2c(c3c1[C@H](c1ccc(C(F)(F)F)cc1)OC31CCCC1)C(O)CC(C)(C)C2. The minimum Gasteiger partial charge on any atom is -0.388 e. The van der Waals surface area contributed by atoms with Gasteiger partial charge in [-0.15, -0.1) is 0 Å². The Morgan fingerprint density at radius 2 is 1.70 bits per heavy atom. The Balaban J connectivity index is 1.73. The van der Waals surface area contributed by atoms with E-state index in [2.05, 4.69) is 27.7 Å². The van der Waals surface area contributed by atoms with Crippen molar-refractivity contribution < 1.29 is 23.0 Å². The molecule has 1 unspecified atom stereocenters. The van der Waals surface area contributed by atoms with Crippen LogP contribution < -0.4 is 0 Å². The number of aliphatic hydroxyl groups excluding tert-OH is 1. The average molecular weight is 460 g/mol. The van der Waals surface area contributed by atoms with Crippen molar-refractivity contribution in [1.29, 1.82) is 0 Å². The fourth-order valence-corrected chi connectivity index (χ4v) is 6.26. The van der Waals surface area contributed by atoms with Gasteiger partial charge in [0.25, 0.3) is 0 Å². The number of hydrogen-bond acceptors (Lipinski definition) is 3. The molecule has 6 heteroatoms. The second kappa shape index (κ2) is 7.54. The molecule has 1 aromatic heterocycles. The molecule has 1 saturated carbocycles. The summed E-state index contributed by atoms with van der Waals surface area (Å²) in [7, 11) is 0. The van der Waals surface area contributed by atoms with Crippen molar-refractivity contribution in [3.63, 3.8) is 0 Å². The summed E-state index contributed by atoms with van der Waals surface area (Å²) in [4.78, 5) is 5.10. The summed E-state index contributed by atoms with van der Waals surface area (Å²) in [5.74, 6) is 0.128. The van der Waals surface area contributed by atoms with E-state index in [4.69, 9.17) is 9.72 Å². The number of fused-ring (bicyclic) bond motifs is 4. The van der Waals surface area contributed by atoms with Crippen molar-refractivity contribution in [1.82, 2.24) is 4.98 Å². The van der Waals surface area contributed by atoms with Crippen LogP contribution in [0.2, 0.25) is 0 Å². The lowest BCUT2D eigenvalue weighted by molar-refractivity contribution is -0.137. The van der Waals surface area contributed by atoms with Crippen molar-refractivity contribution >= 4 is 0 Å². The molecule has 0 bridgehead atoms. The Labute approximate surface area is 193 Å². The molecule has 3 aliphatic rings. The minimum atomic E-state index is -4.37. The molecule has 0 saturated heterocycles. The lowest BCUT2D eigenvalue weighted by atomic mass is 9.70. The quantitative estimate of drug-likeness (QED) is 0.520. The number of benzene rings is 1. The van der Waals surface area contributed by atoms with E-state index in [1.54, 1.807) is 0 Å². The van der Waals surface area contributed by atoms with Gasteiger partial charge in [-0.3, -0.25) is 4.98 Å². The summed E-state index contributed by atoms with van der Waals surface area (Å²) >= 11 is 0. The third-order valence-corrected chi connectivity index (χ3v) is 7.67. The van der Waals surface area contributed by atoms with Crippen LogP contribution >= 0.6 is 0 Å². The summed E-state index contributed by atoms with van der Waals surface area (Å²) in [6.45, 7) is 8.53. The summed E-state index contributed by atoms with van der Waals surface area (Å²) in [6.07, 6.45) is -0.202. The molecule has 2 atom stereocenters. The van der Waals surface area contributed by atoms with E-state index in [0.29, 0.717) is 12.0 Å². The monoisotopic (exact) mass is 459 g/mol. The van der Waals surface area contributed by atoms with E-state index in [0.717, 1.165) is 72.3 Å². The molecule has 1 aliphatic heterocycles. The van der Waals surface area contributed by atoms with Crippen molar-refractivity contribution in [3.05, 3.63) is 63.5 Å². The van der Waals surface area contributed by atoms with E-state index < -0.39 is 29.5 Å². The van der Waals surface area contributed by atoms with E-state index in [1.165, 1.54) is 12.1 Å². The second-order valence-corrected chi connectivity index (χ2v) is 11.2. The zero-order valence-electron chi connectivity index (χ0n) is 19.7. The van der Waals surface area contributed by atoms with Crippen molar-refractivity contribution in [2.45, 2.75) is 96.1 Å². The zero-order chi connectivity index (χ0) is 23.8. The van der Waals surface area contributed by atoms with E-state index in [9.17, 15) is 18.3 Å². The fourth-order valence-electron chi connectivity index (χ4n) is 6.26. The Hall–Kier alpha value is -1.92. The number of rotatable bonds is 2. The van der Waals surface area contributed by atoms with E-state index >= 15 is 0 Å². The highest BCUT2D eigenvalue weighted by molar-refractivity contribution is 5.54. The maximum atomic E-state index is 13.2. The molecule has 1 fully saturated rings. The van der Waals surface area contributed by atoms with Crippen LogP contribution in [0.1, 0.15) is 117 Å². The van der Waals surface area contributed by atoms with Gasteiger partial charge in [0.15, 0.2) is 0 Å². The smallest absolute Gasteiger partial charge is 0.388 e. The van der Waals surface area contributed by atoms with Crippen LogP contribution in [0.3, 0.4) is 0 Å². The van der Waals surface area contributed by atoms with Gasteiger partial charge in [-0.05, 0) is 60.3 Å². The Morgan fingerprint density at radius 1 is 1.06 bits per heavy atom. The van der Waals surface area contributed by atoms with Gasteiger partial charge >= 0.3 is 6.18 Å². The molecule has 3 nitrogen and oxygen atoms in total. The Bertz CT molecular complexity index is 1070. The highest BCUT2D eigenvalue weighted by Gasteiger charge is 2.52. The topological polar surface area (TPSA) is 42.4 Å². The van der Waals surface area contributed by atoms with Gasteiger partial charge in [0.2, 0.25) is 0 Å². The third kappa shape index (κ3) is 3.70. The molecule has 5 rings (SSSR count). The molecule has 0 amide bonds. The predicted molar refractivity (Wildman–Crippen MR) is 120 cm³/mol. The van der Waals surface area contributed by atoms with Crippen LogP contribution in [0.15, 0.2) is 24.3 Å². The summed E-state index contributed by atoms with van der Waals surface area (Å²) in [6, 6.07) is 5.34. The maximum absolute atomic E-state index is 13.2. The highest BCUT2D eigenvalue weighted by atomic mass is 19.4. The second-order valence-electron chi connectivity index (χ2n) is 11.2. The van der Waals surface area contributed by atoms with Crippen LogP contribution in [0.5, 0.6) is 0 Å². The minimum absolute atomic E-state index is 0.0446. The van der Waals surface area contributed by atoms with Crippen LogP contribution in [-0.2, 0) is 22.9 Å². The first kappa shape index (κ1) is 22.9. The van der Waals surface area contributed by atoms with Crippen LogP contribution in [0.25, 0.3) is 0 Å². The van der Waals surface area contributed by atoms with Crippen molar-refractivity contribution in [3.8, 4) is 0 Å². The highest BCUT2D eigenvalue weighted by Crippen LogP contribution is 2.59. The van der Waals surface area contributed by atoms with Gasteiger partial charge in [-0.25, -0.2) is 0 Å². The van der Waals surface area contributed by atoms with Gasteiger partial charge in [-0.1, -0.05) is 52.7 Å². The first-order valence-electron chi connectivity index (χ1n) is 12.0. The fraction of sp³-hybridized carbons (Fsp3) is 0.593. The predicted octanol–water partition coefficient (Wildman–Crippen LogP) is 7.12. The number of ether oxygens (including phenoxy) is 1. The number of hydrogen-bond donors (Lipinski definition) is 1. The van der Waals surface area contributed by atoms with E-state index in [-0.39, 0.29) is 11.3 Å². The summed E-state index contributed by atoms with van der Waals surface area (Å²) in [5.41, 5.74) is 4.40. The first-order valence-corrected chi connectivity index (χ1v) is 12.0. The average Bonchev–Trinajstić information content (AvgIpc) is 3.31. The molecular formula is C27H32F3NO2. The molecule has 2 heterocycles. The standard InChI is InChI=1S/C27H32F3NO2/c1-15(2)23-21-22(20-18(31-23)13-25(3,4)14-19(20)32)26(11-5-6-12-26)33-24(21)16-7-9-17(10-8-16)27(28,29)30/h7-10,15,19,24,32H,5-6,11-14H2,1-4H3/t19?,24-/m0/s1. The Morgan fingerprint density at radius 3 is 2.27 bits per heavy atom. The van der Waals surface area contributed by atoms with Gasteiger partial charge < -0.3 is 9.84 Å². The van der Waals surface area contributed by atoms with Gasteiger partial charge in [-0.2, -0.15) is 13.2 Å². The molecule has 178 valence electrons. The van der Waals surface area contributed by atoms with Crippen LogP contribution in [0, 0.1) is 5.41 Å². The number of halogens is 3. The van der Waals surface area contributed by atoms with Crippen LogP contribution in [0.4, 0.5) is 13.2 Å². The molecular weight excluding hydrogens is 427 g/mol. The molecule has 1 spiro atoms. The van der Waals surface area contributed by atoms with Crippen molar-refractivity contribution in [2.75, 3.05) is 0 Å². The van der Waals surface area contributed by atoms with Gasteiger partial charge in [0.1, 0.15) is 6.10 Å². The normalized spacial score (nSPS) is 25.5. The molecule has 1 N–H and O–H groups in total. The number of aliphatic hydroxyl groups is 1. The molecule has 2 aliphatic carbocycles. The number of pyridine rings is 1. The van der Waals surface area contributed by atoms with E-state index in [1.807, 2.05) is 0 Å². The van der Waals surface area contributed by atoms with Gasteiger partial charge in [0.05, 0.1) is 17.3 Å². The summed E-state index contributed by atoms with van der Waals surface area (Å²) in [5, 5.41) is 11.3. The largest absolute Gasteiger partial charge is 0.416 e. The molecule has 0 radical (unpaired) electrons. The first-order chi connectivity index (χ1) is 15.4. The lowest BCUT2D eigenvalue weighted by Crippen LogP contribution is -2.32. The Kier molecular flexibility index (Phi) is 5.22. The number of aromatic nitrogens is 1. The lowest BCUT2D eigenvalue weighted by Gasteiger charge is -2.38. The zero-order valence-corrected chi connectivity index (χ0v) is 19.7. The molecule has 2 aromatic rings. The summed E-state index contributed by atoms with van der Waals surface area (Å²) < 4.78 is 46.3. The van der Waals surface area contributed by atoms with Crippen molar-refractivity contribution in [2.24, 2.45) is 5.41 Å². The third-order valence-electron chi connectivity index (χ3n) is 7.67. The number of alkyl halides is 3. The van der Waals surface area contributed by atoms with Crippen LogP contribution in [-0.4, -0.2) is 10.1 Å². The number of nitrogens with zero attached hydrogens (tertiary/aromatic N) is 1.